The van der Waals surface area contributed by atoms with Gasteiger partial charge in [0.15, 0.2) is 0 Å². The smallest absolute Gasteiger partial charge is 0.281 e. The van der Waals surface area contributed by atoms with Crippen LogP contribution in [-0.2, 0) is 17.9 Å². The molecule has 2 rings (SSSR count). The van der Waals surface area contributed by atoms with Crippen molar-refractivity contribution in [3.05, 3.63) is 35.4 Å². The van der Waals surface area contributed by atoms with Crippen LogP contribution in [0.5, 0.6) is 0 Å². The minimum Gasteiger partial charge on any atom is -0.392 e. The molecule has 6 heteroatoms. The van der Waals surface area contributed by atoms with Gasteiger partial charge in [0.05, 0.1) is 6.61 Å². The van der Waals surface area contributed by atoms with Crippen molar-refractivity contribution in [2.24, 2.45) is 0 Å². The van der Waals surface area contributed by atoms with E-state index in [1.54, 1.807) is 4.90 Å². The molecule has 0 unspecified atom stereocenters. The van der Waals surface area contributed by atoms with Crippen molar-refractivity contribution in [3.63, 3.8) is 0 Å². The van der Waals surface area contributed by atoms with E-state index in [1.807, 2.05) is 24.3 Å². The van der Waals surface area contributed by atoms with E-state index in [0.717, 1.165) is 23.4 Å². The Morgan fingerprint density at radius 2 is 2.20 bits per heavy atom. The first kappa shape index (κ1) is 14.9. The van der Waals surface area contributed by atoms with Crippen LogP contribution in [0.1, 0.15) is 17.5 Å². The molecular weight excluding hydrogens is 276 g/mol. The number of rotatable bonds is 6. The van der Waals surface area contributed by atoms with Crippen molar-refractivity contribution in [1.29, 1.82) is 0 Å². The molecule has 0 aromatic heterocycles. The van der Waals surface area contributed by atoms with Gasteiger partial charge in [0, 0.05) is 31.8 Å². The average molecular weight is 294 g/mol. The fourth-order valence-corrected chi connectivity index (χ4v) is 2.84. The van der Waals surface area contributed by atoms with Gasteiger partial charge in [0.1, 0.15) is 0 Å². The summed E-state index contributed by atoms with van der Waals surface area (Å²) in [7, 11) is 0. The van der Waals surface area contributed by atoms with Crippen LogP contribution in [0, 0.1) is 0 Å². The molecule has 1 heterocycles. The molecule has 0 spiro atoms. The van der Waals surface area contributed by atoms with E-state index < -0.39 is 0 Å². The number of hydrogen-bond donors (Lipinski definition) is 2. The zero-order valence-electron chi connectivity index (χ0n) is 11.2. The second-order valence-corrected chi connectivity index (χ2v) is 5.65. The maximum Gasteiger partial charge on any atom is 0.281 e. The Morgan fingerprint density at radius 3 is 2.90 bits per heavy atom. The molecule has 0 atom stereocenters. The van der Waals surface area contributed by atoms with Gasteiger partial charge < -0.3 is 15.3 Å². The number of thioether (sulfide) groups is 1. The highest BCUT2D eigenvalue weighted by Crippen LogP contribution is 2.16. The Morgan fingerprint density at radius 1 is 1.40 bits per heavy atom. The first-order valence-electron chi connectivity index (χ1n) is 6.56. The quantitative estimate of drug-likeness (QED) is 0.831. The summed E-state index contributed by atoms with van der Waals surface area (Å²) in [5.74, 6) is 0.748. The van der Waals surface area contributed by atoms with Crippen molar-refractivity contribution >= 4 is 22.9 Å². The van der Waals surface area contributed by atoms with E-state index in [2.05, 4.69) is 5.32 Å². The summed E-state index contributed by atoms with van der Waals surface area (Å²) in [4.78, 5) is 24.8. The van der Waals surface area contributed by atoms with Crippen LogP contribution in [-0.4, -0.2) is 40.0 Å². The predicted molar refractivity (Wildman–Crippen MR) is 78.3 cm³/mol. The lowest BCUT2D eigenvalue weighted by atomic mass is 10.1. The van der Waals surface area contributed by atoms with E-state index in [-0.39, 0.29) is 17.8 Å². The summed E-state index contributed by atoms with van der Waals surface area (Å²) in [6, 6.07) is 7.45. The summed E-state index contributed by atoms with van der Waals surface area (Å²) in [5, 5.41) is 11.9. The van der Waals surface area contributed by atoms with Gasteiger partial charge in [-0.3, -0.25) is 9.59 Å². The molecule has 0 aliphatic carbocycles. The molecule has 0 bridgehead atoms. The third-order valence-electron chi connectivity index (χ3n) is 3.12. The van der Waals surface area contributed by atoms with Crippen LogP contribution >= 0.6 is 11.8 Å². The number of aliphatic hydroxyl groups excluding tert-OH is 1. The van der Waals surface area contributed by atoms with E-state index >= 15 is 0 Å². The number of benzene rings is 1. The molecule has 1 fully saturated rings. The van der Waals surface area contributed by atoms with E-state index in [4.69, 9.17) is 5.11 Å². The lowest BCUT2D eigenvalue weighted by molar-refractivity contribution is -0.121. The number of nitrogens with zero attached hydrogens (tertiary/aromatic N) is 1. The lowest BCUT2D eigenvalue weighted by Gasteiger charge is -2.14. The molecule has 2 amide bonds. The van der Waals surface area contributed by atoms with Crippen molar-refractivity contribution in [2.75, 3.05) is 18.8 Å². The summed E-state index contributed by atoms with van der Waals surface area (Å²) < 4.78 is 0. The van der Waals surface area contributed by atoms with Gasteiger partial charge in [-0.1, -0.05) is 36.0 Å². The Balaban J connectivity index is 1.73. The number of hydrogen-bond acceptors (Lipinski definition) is 4. The third kappa shape index (κ3) is 4.25. The van der Waals surface area contributed by atoms with Gasteiger partial charge in [-0.2, -0.15) is 0 Å². The third-order valence-corrected chi connectivity index (χ3v) is 4.01. The zero-order chi connectivity index (χ0) is 14.4. The van der Waals surface area contributed by atoms with Crippen LogP contribution in [0.25, 0.3) is 0 Å². The molecule has 1 aliphatic heterocycles. The Labute approximate surface area is 122 Å². The Bertz CT molecular complexity index is 493. The fourth-order valence-electron chi connectivity index (χ4n) is 1.99. The Hall–Kier alpha value is -1.53. The van der Waals surface area contributed by atoms with Gasteiger partial charge >= 0.3 is 0 Å². The van der Waals surface area contributed by atoms with Crippen LogP contribution in [0.3, 0.4) is 0 Å². The van der Waals surface area contributed by atoms with Crippen LogP contribution in [0.15, 0.2) is 24.3 Å². The first-order valence-corrected chi connectivity index (χ1v) is 7.54. The minimum atomic E-state index is -0.0656. The molecule has 0 saturated carbocycles. The lowest BCUT2D eigenvalue weighted by Crippen LogP contribution is -2.30. The second-order valence-electron chi connectivity index (χ2n) is 4.61. The van der Waals surface area contributed by atoms with Gasteiger partial charge in [-0.15, -0.1) is 0 Å². The molecule has 1 aromatic rings. The monoisotopic (exact) mass is 294 g/mol. The van der Waals surface area contributed by atoms with E-state index in [0.29, 0.717) is 19.5 Å². The number of aliphatic hydroxyl groups is 1. The van der Waals surface area contributed by atoms with Crippen molar-refractivity contribution in [2.45, 2.75) is 19.6 Å². The van der Waals surface area contributed by atoms with Crippen LogP contribution < -0.4 is 5.32 Å². The highest BCUT2D eigenvalue weighted by atomic mass is 32.2. The number of nitrogens with one attached hydrogen (secondary N) is 1. The van der Waals surface area contributed by atoms with Crippen LogP contribution in [0.4, 0.5) is 4.79 Å². The minimum absolute atomic E-state index is 0.00345. The maximum atomic E-state index is 11.7. The molecule has 108 valence electrons. The summed E-state index contributed by atoms with van der Waals surface area (Å²) in [5.41, 5.74) is 1.79. The topological polar surface area (TPSA) is 69.6 Å². The predicted octanol–water partition coefficient (Wildman–Crippen LogP) is 1.35. The molecule has 5 nitrogen and oxygen atoms in total. The van der Waals surface area contributed by atoms with E-state index in [1.165, 1.54) is 11.8 Å². The van der Waals surface area contributed by atoms with Gasteiger partial charge in [-0.25, -0.2) is 0 Å². The number of carbonyl (C=O) groups is 2. The van der Waals surface area contributed by atoms with E-state index in [9.17, 15) is 9.59 Å². The standard InChI is InChI=1S/C14H18N2O3S/c17-10-12-3-1-2-11(8-12)9-15-13(18)4-5-16-6-7-20-14(16)19/h1-3,8,17H,4-7,9-10H2,(H,15,18). The summed E-state index contributed by atoms with van der Waals surface area (Å²) in [6.45, 7) is 1.65. The molecule has 0 radical (unpaired) electrons. The molecule has 2 N–H and O–H groups in total. The van der Waals surface area contributed by atoms with Gasteiger partial charge in [-0.05, 0) is 11.1 Å². The molecule has 1 aromatic carbocycles. The summed E-state index contributed by atoms with van der Waals surface area (Å²) >= 11 is 1.30. The maximum absolute atomic E-state index is 11.7. The molecule has 1 saturated heterocycles. The normalized spacial score (nSPS) is 14.7. The highest BCUT2D eigenvalue weighted by Gasteiger charge is 2.21. The number of amides is 2. The van der Waals surface area contributed by atoms with Gasteiger partial charge in [0.25, 0.3) is 5.24 Å². The molecule has 1 aliphatic rings. The molecular formula is C14H18N2O3S. The summed E-state index contributed by atoms with van der Waals surface area (Å²) in [6.07, 6.45) is 0.325. The number of carbonyl (C=O) groups excluding carboxylic acids is 2. The second kappa shape index (κ2) is 7.31. The van der Waals surface area contributed by atoms with Gasteiger partial charge in [0.2, 0.25) is 5.91 Å². The van der Waals surface area contributed by atoms with Crippen LogP contribution in [0.2, 0.25) is 0 Å². The fraction of sp³-hybridized carbons (Fsp3) is 0.429. The SMILES string of the molecule is O=C(CCN1CCSC1=O)NCc1cccc(CO)c1. The Kier molecular flexibility index (Phi) is 5.43. The van der Waals surface area contributed by atoms with Crippen molar-refractivity contribution < 1.29 is 14.7 Å². The van der Waals surface area contributed by atoms with Crippen molar-refractivity contribution in [3.8, 4) is 0 Å². The molecule has 20 heavy (non-hydrogen) atoms. The highest BCUT2D eigenvalue weighted by molar-refractivity contribution is 8.13. The average Bonchev–Trinajstić information content (AvgIpc) is 2.88. The van der Waals surface area contributed by atoms with Crippen molar-refractivity contribution in [1.82, 2.24) is 10.2 Å². The first-order chi connectivity index (χ1) is 9.69. The zero-order valence-corrected chi connectivity index (χ0v) is 12.0. The largest absolute Gasteiger partial charge is 0.392 e.